The maximum Gasteiger partial charge on any atom is 0.237 e. The predicted molar refractivity (Wildman–Crippen MR) is 226 cm³/mol. The second-order valence-electron chi connectivity index (χ2n) is 16.9. The van der Waals surface area contributed by atoms with Crippen molar-refractivity contribution >= 4 is 17.7 Å². The van der Waals surface area contributed by atoms with E-state index in [0.29, 0.717) is 13.1 Å². The molecule has 0 saturated carbocycles. The Morgan fingerprint density at radius 1 is 0.839 bits per heavy atom. The lowest BCUT2D eigenvalue weighted by molar-refractivity contribution is -0.143. The number of likely N-dealkylation sites (N-methyl/N-ethyl adjacent to an activating group) is 2. The van der Waals surface area contributed by atoms with Crippen molar-refractivity contribution in [3.05, 3.63) is 71.8 Å². The second kappa shape index (κ2) is 22.6. The zero-order valence-corrected chi connectivity index (χ0v) is 36.4. The number of nitrogens with two attached hydrogens (primary N) is 1. The highest BCUT2D eigenvalue weighted by molar-refractivity contribution is 5.82. The molecule has 11 heteroatoms. The molecule has 0 aliphatic carbocycles. The fourth-order valence-corrected chi connectivity index (χ4v) is 8.70. The van der Waals surface area contributed by atoms with Crippen LogP contribution in [0, 0.1) is 23.7 Å². The lowest BCUT2D eigenvalue weighted by Gasteiger charge is -2.41. The van der Waals surface area contributed by atoms with E-state index in [1.54, 1.807) is 14.2 Å². The molecular weight excluding hydrogens is 705 g/mol. The molecule has 0 spiro atoms. The van der Waals surface area contributed by atoms with Crippen molar-refractivity contribution in [2.24, 2.45) is 29.4 Å². The van der Waals surface area contributed by atoms with Gasteiger partial charge >= 0.3 is 0 Å². The Morgan fingerprint density at radius 2 is 1.43 bits per heavy atom. The normalized spacial score (nSPS) is 19.7. The quantitative estimate of drug-likeness (QED) is 0.140. The van der Waals surface area contributed by atoms with Crippen LogP contribution >= 0.6 is 0 Å². The largest absolute Gasteiger partial charge is 0.379 e. The number of amides is 3. The minimum atomic E-state index is -0.559. The molecule has 10 unspecified atom stereocenters. The summed E-state index contributed by atoms with van der Waals surface area (Å²) < 4.78 is 12.3. The first-order valence-electron chi connectivity index (χ1n) is 20.8. The summed E-state index contributed by atoms with van der Waals surface area (Å²) in [6.45, 7) is 15.9. The molecule has 3 rings (SSSR count). The fourth-order valence-electron chi connectivity index (χ4n) is 8.70. The number of benzene rings is 2. The zero-order valence-electron chi connectivity index (χ0n) is 36.4. The molecule has 2 aromatic rings. The molecule has 0 radical (unpaired) electrons. The fraction of sp³-hybridized carbons (Fsp3) is 0.667. The van der Waals surface area contributed by atoms with E-state index in [0.717, 1.165) is 30.4 Å². The van der Waals surface area contributed by atoms with Crippen molar-refractivity contribution in [1.82, 2.24) is 25.3 Å². The molecule has 3 amide bonds. The Balaban J connectivity index is 1.79. The van der Waals surface area contributed by atoms with E-state index in [9.17, 15) is 14.4 Å². The minimum absolute atomic E-state index is 0.0107. The van der Waals surface area contributed by atoms with Crippen LogP contribution in [0.15, 0.2) is 60.7 Å². The van der Waals surface area contributed by atoms with E-state index in [-0.39, 0.29) is 72.2 Å². The number of likely N-dealkylation sites (tertiary alicyclic amines) is 1. The first-order chi connectivity index (χ1) is 26.6. The molecular formula is C45H74N6O5. The summed E-state index contributed by atoms with van der Waals surface area (Å²) in [7, 11) is 9.27. The van der Waals surface area contributed by atoms with Crippen LogP contribution in [0.2, 0.25) is 0 Å². The maximum atomic E-state index is 14.4. The van der Waals surface area contributed by atoms with Crippen LogP contribution in [0.4, 0.5) is 0 Å². The van der Waals surface area contributed by atoms with Crippen molar-refractivity contribution in [2.75, 3.05) is 48.5 Å². The minimum Gasteiger partial charge on any atom is -0.379 e. The molecule has 2 aromatic carbocycles. The third kappa shape index (κ3) is 12.3. The zero-order chi connectivity index (χ0) is 41.7. The Hall–Kier alpha value is -3.35. The van der Waals surface area contributed by atoms with Gasteiger partial charge in [0.05, 0.1) is 48.7 Å². The summed E-state index contributed by atoms with van der Waals surface area (Å²) in [4.78, 5) is 48.1. The SMILES string of the molecule is CCC(C)C(C(CC(=O)N1CCCC1C(OC)C(C)C(=O)NC(c1ccccc1)C(N)c1ccccc1)OC)N(C)CC(NC(=O)C(C(C)C)N(C)C)C(C)C. The van der Waals surface area contributed by atoms with Gasteiger partial charge < -0.3 is 30.7 Å². The van der Waals surface area contributed by atoms with Gasteiger partial charge in [0, 0.05) is 39.4 Å². The molecule has 1 aliphatic heterocycles. The van der Waals surface area contributed by atoms with Gasteiger partial charge in [-0.25, -0.2) is 0 Å². The number of rotatable bonds is 22. The van der Waals surface area contributed by atoms with Gasteiger partial charge in [-0.1, -0.05) is 116 Å². The molecule has 1 aliphatic rings. The van der Waals surface area contributed by atoms with Crippen molar-refractivity contribution < 1.29 is 23.9 Å². The number of nitrogens with one attached hydrogen (secondary N) is 2. The Bertz CT molecular complexity index is 1470. The van der Waals surface area contributed by atoms with Crippen LogP contribution in [-0.4, -0.2) is 117 Å². The molecule has 314 valence electrons. The lowest BCUT2D eigenvalue weighted by atomic mass is 9.89. The number of carbonyl (C=O) groups is 3. The third-order valence-electron chi connectivity index (χ3n) is 12.0. The highest BCUT2D eigenvalue weighted by atomic mass is 16.5. The second-order valence-corrected chi connectivity index (χ2v) is 16.9. The highest BCUT2D eigenvalue weighted by Crippen LogP contribution is 2.31. The lowest BCUT2D eigenvalue weighted by Crippen LogP contribution is -2.57. The molecule has 0 bridgehead atoms. The predicted octanol–water partition coefficient (Wildman–Crippen LogP) is 5.66. The van der Waals surface area contributed by atoms with Gasteiger partial charge in [0.1, 0.15) is 0 Å². The van der Waals surface area contributed by atoms with Gasteiger partial charge in [0.2, 0.25) is 17.7 Å². The molecule has 10 atom stereocenters. The van der Waals surface area contributed by atoms with Gasteiger partial charge in [-0.2, -0.15) is 0 Å². The van der Waals surface area contributed by atoms with E-state index < -0.39 is 24.1 Å². The van der Waals surface area contributed by atoms with E-state index >= 15 is 0 Å². The Morgan fingerprint density at radius 3 is 1.93 bits per heavy atom. The Kier molecular flexibility index (Phi) is 18.9. The monoisotopic (exact) mass is 779 g/mol. The molecule has 1 fully saturated rings. The molecule has 0 aromatic heterocycles. The summed E-state index contributed by atoms with van der Waals surface area (Å²) in [6.07, 6.45) is 1.75. The molecule has 56 heavy (non-hydrogen) atoms. The number of hydrogen-bond donors (Lipinski definition) is 3. The smallest absolute Gasteiger partial charge is 0.237 e. The number of nitrogens with zero attached hydrogens (tertiary/aromatic N) is 3. The summed E-state index contributed by atoms with van der Waals surface area (Å²) >= 11 is 0. The maximum absolute atomic E-state index is 14.4. The van der Waals surface area contributed by atoms with Gasteiger partial charge in [-0.05, 0) is 62.9 Å². The summed E-state index contributed by atoms with van der Waals surface area (Å²) in [6, 6.07) is 18.0. The van der Waals surface area contributed by atoms with Crippen molar-refractivity contribution in [3.8, 4) is 0 Å². The van der Waals surface area contributed by atoms with Crippen molar-refractivity contribution in [2.45, 2.75) is 123 Å². The van der Waals surface area contributed by atoms with Crippen LogP contribution in [0.25, 0.3) is 0 Å². The van der Waals surface area contributed by atoms with Crippen LogP contribution in [0.5, 0.6) is 0 Å². The van der Waals surface area contributed by atoms with E-state index in [1.807, 2.05) is 91.5 Å². The molecule has 11 nitrogen and oxygen atoms in total. The van der Waals surface area contributed by atoms with E-state index in [1.165, 1.54) is 0 Å². The van der Waals surface area contributed by atoms with Gasteiger partial charge in [-0.15, -0.1) is 0 Å². The first-order valence-corrected chi connectivity index (χ1v) is 20.8. The standard InChI is InChI=1S/C45H74N6O5/c1-13-31(6)42(50(10)28-35(29(2)3)47-45(54)41(30(4)5)49(8)9)37(55-11)27-38(52)51-26-20-25-36(51)43(56-12)32(7)44(53)48-40(34-23-18-15-19-24-34)39(46)33-21-16-14-17-22-33/h14-19,21-24,29-32,35-37,39-43H,13,20,25-28,46H2,1-12H3,(H,47,54)(H,48,53). The average Bonchev–Trinajstić information content (AvgIpc) is 3.66. The average molecular weight is 779 g/mol. The van der Waals surface area contributed by atoms with Crippen LogP contribution in [-0.2, 0) is 23.9 Å². The summed E-state index contributed by atoms with van der Waals surface area (Å²) in [5.41, 5.74) is 8.65. The van der Waals surface area contributed by atoms with E-state index in [2.05, 4.69) is 64.1 Å². The number of hydrogen-bond acceptors (Lipinski definition) is 8. The van der Waals surface area contributed by atoms with Crippen LogP contribution in [0.3, 0.4) is 0 Å². The van der Waals surface area contributed by atoms with Crippen molar-refractivity contribution in [3.63, 3.8) is 0 Å². The first kappa shape index (κ1) is 47.0. The third-order valence-corrected chi connectivity index (χ3v) is 12.0. The van der Waals surface area contributed by atoms with Crippen LogP contribution < -0.4 is 16.4 Å². The topological polar surface area (TPSA) is 129 Å². The van der Waals surface area contributed by atoms with Gasteiger partial charge in [0.15, 0.2) is 0 Å². The number of ether oxygens (including phenoxy) is 2. The molecule has 4 N–H and O–H groups in total. The summed E-state index contributed by atoms with van der Waals surface area (Å²) in [5.74, 6) is -0.136. The Labute approximate surface area is 338 Å². The molecule has 1 saturated heterocycles. The van der Waals surface area contributed by atoms with Gasteiger partial charge in [-0.3, -0.25) is 24.2 Å². The van der Waals surface area contributed by atoms with Gasteiger partial charge in [0.25, 0.3) is 0 Å². The van der Waals surface area contributed by atoms with Crippen LogP contribution in [0.1, 0.15) is 97.4 Å². The van der Waals surface area contributed by atoms with E-state index in [4.69, 9.17) is 15.2 Å². The summed E-state index contributed by atoms with van der Waals surface area (Å²) in [5, 5.41) is 6.60. The highest BCUT2D eigenvalue weighted by Gasteiger charge is 2.42. The number of carbonyl (C=O) groups excluding carboxylic acids is 3. The number of methoxy groups -OCH3 is 2. The van der Waals surface area contributed by atoms with Crippen molar-refractivity contribution in [1.29, 1.82) is 0 Å². The molecule has 1 heterocycles.